The number of nitrogens with one attached hydrogen (secondary N) is 1. The average Bonchev–Trinajstić information content (AvgIpc) is 2.96. The van der Waals surface area contributed by atoms with Crippen molar-refractivity contribution in [3.05, 3.63) is 60.2 Å². The predicted molar refractivity (Wildman–Crippen MR) is 115 cm³/mol. The summed E-state index contributed by atoms with van der Waals surface area (Å²) in [5, 5.41) is 7.24. The fraction of sp³-hybridized carbons (Fsp3) is 0.318. The number of carbonyl (C=O) groups is 1. The van der Waals surface area contributed by atoms with Crippen LogP contribution in [0.5, 0.6) is 0 Å². The van der Waals surface area contributed by atoms with Crippen molar-refractivity contribution in [2.75, 3.05) is 23.3 Å². The number of nitrogens with two attached hydrogens (primary N) is 1. The molecule has 0 aliphatic carbocycles. The van der Waals surface area contributed by atoms with E-state index in [1.807, 2.05) is 7.05 Å². The molecule has 0 saturated carbocycles. The normalized spacial score (nSPS) is 16.9. The maximum absolute atomic E-state index is 14.1. The van der Waals surface area contributed by atoms with Crippen molar-refractivity contribution in [1.29, 1.82) is 0 Å². The van der Waals surface area contributed by atoms with Crippen LogP contribution in [0.15, 0.2) is 48.7 Å². The first-order valence-electron chi connectivity index (χ1n) is 10.1. The highest BCUT2D eigenvalue weighted by atomic mass is 19.1. The monoisotopic (exact) mass is 408 g/mol. The van der Waals surface area contributed by atoms with E-state index in [1.54, 1.807) is 47.3 Å². The van der Waals surface area contributed by atoms with Crippen LogP contribution in [0.3, 0.4) is 0 Å². The molecule has 1 aliphatic rings. The van der Waals surface area contributed by atoms with Crippen LogP contribution in [0.4, 0.5) is 15.9 Å². The van der Waals surface area contributed by atoms with Crippen LogP contribution >= 0.6 is 0 Å². The van der Waals surface area contributed by atoms with Gasteiger partial charge in [0.25, 0.3) is 5.91 Å². The molecule has 7 nitrogen and oxygen atoms in total. The Labute approximate surface area is 174 Å². The molecule has 3 N–H and O–H groups in total. The number of halogens is 1. The van der Waals surface area contributed by atoms with E-state index in [4.69, 9.17) is 5.73 Å². The molecule has 0 radical (unpaired) electrons. The van der Waals surface area contributed by atoms with Gasteiger partial charge in [0, 0.05) is 31.7 Å². The maximum Gasteiger partial charge on any atom is 0.274 e. The van der Waals surface area contributed by atoms with Crippen LogP contribution in [0.25, 0.3) is 11.3 Å². The molecule has 4 rings (SSSR count). The van der Waals surface area contributed by atoms with Gasteiger partial charge in [-0.2, -0.15) is 5.10 Å². The summed E-state index contributed by atoms with van der Waals surface area (Å²) in [5.41, 5.74) is 7.70. The molecule has 156 valence electrons. The molecule has 3 heterocycles. The van der Waals surface area contributed by atoms with E-state index < -0.39 is 0 Å². The Kier molecular flexibility index (Phi) is 5.76. The molecule has 3 aromatic rings. The van der Waals surface area contributed by atoms with E-state index in [-0.39, 0.29) is 23.5 Å². The topological polar surface area (TPSA) is 89.1 Å². The molecule has 8 heteroatoms. The van der Waals surface area contributed by atoms with Crippen LogP contribution in [0, 0.1) is 5.82 Å². The molecule has 1 aromatic carbocycles. The molecular weight excluding hydrogens is 383 g/mol. The quantitative estimate of drug-likeness (QED) is 0.692. The zero-order chi connectivity index (χ0) is 21.1. The highest BCUT2D eigenvalue weighted by molar-refractivity contribution is 6.04. The van der Waals surface area contributed by atoms with E-state index in [0.29, 0.717) is 16.9 Å². The number of aryl methyl sites for hydroxylation is 1. The largest absolute Gasteiger partial charge is 0.355 e. The lowest BCUT2D eigenvalue weighted by Gasteiger charge is -2.24. The minimum Gasteiger partial charge on any atom is -0.355 e. The number of amides is 1. The van der Waals surface area contributed by atoms with Crippen LogP contribution in [0.1, 0.15) is 29.8 Å². The Balaban J connectivity index is 1.57. The van der Waals surface area contributed by atoms with Gasteiger partial charge >= 0.3 is 0 Å². The van der Waals surface area contributed by atoms with Crippen molar-refractivity contribution in [3.63, 3.8) is 0 Å². The van der Waals surface area contributed by atoms with Crippen molar-refractivity contribution >= 4 is 17.4 Å². The molecule has 1 amide bonds. The fourth-order valence-corrected chi connectivity index (χ4v) is 3.79. The third-order valence-electron chi connectivity index (χ3n) is 5.36. The molecule has 0 bridgehead atoms. The van der Waals surface area contributed by atoms with Crippen molar-refractivity contribution in [3.8, 4) is 11.3 Å². The number of nitrogens with zero attached hydrogens (tertiary/aromatic N) is 4. The van der Waals surface area contributed by atoms with E-state index in [9.17, 15) is 9.18 Å². The first-order chi connectivity index (χ1) is 14.5. The number of rotatable bonds is 4. The number of hydrogen-bond acceptors (Lipinski definition) is 5. The van der Waals surface area contributed by atoms with E-state index in [0.717, 1.165) is 38.2 Å². The van der Waals surface area contributed by atoms with Gasteiger partial charge in [0.1, 0.15) is 17.2 Å². The third-order valence-corrected chi connectivity index (χ3v) is 5.36. The molecule has 2 aromatic heterocycles. The molecule has 1 aliphatic heterocycles. The van der Waals surface area contributed by atoms with Crippen LogP contribution in [-0.4, -0.2) is 39.8 Å². The van der Waals surface area contributed by atoms with Gasteiger partial charge in [-0.05, 0) is 43.5 Å². The van der Waals surface area contributed by atoms with Gasteiger partial charge in [0.15, 0.2) is 5.82 Å². The van der Waals surface area contributed by atoms with Gasteiger partial charge in [-0.1, -0.05) is 18.2 Å². The number of anilines is 2. The van der Waals surface area contributed by atoms with E-state index in [1.165, 1.54) is 6.07 Å². The second-order valence-electron chi connectivity index (χ2n) is 7.53. The Morgan fingerprint density at radius 2 is 2.00 bits per heavy atom. The summed E-state index contributed by atoms with van der Waals surface area (Å²) in [6.45, 7) is 1.67. The van der Waals surface area contributed by atoms with E-state index >= 15 is 0 Å². The van der Waals surface area contributed by atoms with Gasteiger partial charge in [-0.3, -0.25) is 9.48 Å². The standard InChI is InChI=1S/C22H25FN6O/c1-28-22(29-12-5-6-15(24)11-13-29)20(14-25-28)27-21(30)19-10-4-9-18(26-19)16-7-2-3-8-17(16)23/h2-4,7-10,14-15H,5-6,11-13,24H2,1H3,(H,27,30)/t15-/m1/s1. The summed E-state index contributed by atoms with van der Waals surface area (Å²) in [7, 11) is 1.85. The summed E-state index contributed by atoms with van der Waals surface area (Å²) >= 11 is 0. The Bertz CT molecular complexity index is 1050. The Hall–Kier alpha value is -3.26. The third kappa shape index (κ3) is 4.18. The highest BCUT2D eigenvalue weighted by Gasteiger charge is 2.22. The van der Waals surface area contributed by atoms with E-state index in [2.05, 4.69) is 20.3 Å². The van der Waals surface area contributed by atoms with Gasteiger partial charge in [0.05, 0.1) is 11.9 Å². The molecule has 1 atom stereocenters. The average molecular weight is 408 g/mol. The lowest BCUT2D eigenvalue weighted by Crippen LogP contribution is -2.29. The first-order valence-corrected chi connectivity index (χ1v) is 10.1. The highest BCUT2D eigenvalue weighted by Crippen LogP contribution is 2.28. The lowest BCUT2D eigenvalue weighted by atomic mass is 10.1. The summed E-state index contributed by atoms with van der Waals surface area (Å²) in [5.74, 6) is 0.105. The molecule has 30 heavy (non-hydrogen) atoms. The number of benzene rings is 1. The van der Waals surface area contributed by atoms with Crippen LogP contribution in [0.2, 0.25) is 0 Å². The van der Waals surface area contributed by atoms with Crippen molar-refractivity contribution in [1.82, 2.24) is 14.8 Å². The Morgan fingerprint density at radius 1 is 1.17 bits per heavy atom. The minimum absolute atomic E-state index is 0.201. The Morgan fingerprint density at radius 3 is 2.83 bits per heavy atom. The number of aromatic nitrogens is 3. The van der Waals surface area contributed by atoms with Crippen LogP contribution < -0.4 is 16.0 Å². The van der Waals surface area contributed by atoms with Gasteiger partial charge < -0.3 is 16.0 Å². The molecule has 0 spiro atoms. The summed E-state index contributed by atoms with van der Waals surface area (Å²) in [6, 6.07) is 11.6. The van der Waals surface area contributed by atoms with Crippen molar-refractivity contribution in [2.45, 2.75) is 25.3 Å². The number of hydrogen-bond donors (Lipinski definition) is 2. The fourth-order valence-electron chi connectivity index (χ4n) is 3.79. The second-order valence-corrected chi connectivity index (χ2v) is 7.53. The molecule has 1 fully saturated rings. The first kappa shape index (κ1) is 20.0. The molecular formula is C22H25FN6O. The number of carbonyl (C=O) groups excluding carboxylic acids is 1. The molecule has 0 unspecified atom stereocenters. The van der Waals surface area contributed by atoms with Gasteiger partial charge in [0.2, 0.25) is 0 Å². The predicted octanol–water partition coefficient (Wildman–Crippen LogP) is 3.19. The summed E-state index contributed by atoms with van der Waals surface area (Å²) < 4.78 is 15.9. The maximum atomic E-state index is 14.1. The number of pyridine rings is 1. The SMILES string of the molecule is Cn1ncc(NC(=O)c2cccc(-c3ccccc3F)n2)c1N1CCC[C@@H](N)CC1. The van der Waals surface area contributed by atoms with Gasteiger partial charge in [-0.25, -0.2) is 9.37 Å². The smallest absolute Gasteiger partial charge is 0.274 e. The minimum atomic E-state index is -0.378. The zero-order valence-electron chi connectivity index (χ0n) is 16.9. The van der Waals surface area contributed by atoms with Crippen molar-refractivity contribution < 1.29 is 9.18 Å². The summed E-state index contributed by atoms with van der Waals surface area (Å²) in [4.78, 5) is 19.5. The van der Waals surface area contributed by atoms with Crippen LogP contribution in [-0.2, 0) is 7.05 Å². The molecule has 1 saturated heterocycles. The van der Waals surface area contributed by atoms with Crippen molar-refractivity contribution in [2.24, 2.45) is 12.8 Å². The van der Waals surface area contributed by atoms with Gasteiger partial charge in [-0.15, -0.1) is 0 Å². The summed E-state index contributed by atoms with van der Waals surface area (Å²) in [6.07, 6.45) is 4.51. The second kappa shape index (κ2) is 8.62. The zero-order valence-corrected chi connectivity index (χ0v) is 16.9. The lowest BCUT2D eigenvalue weighted by molar-refractivity contribution is 0.102.